The fourth-order valence-electron chi connectivity index (χ4n) is 3.96. The second-order valence-corrected chi connectivity index (χ2v) is 10.4. The summed E-state index contributed by atoms with van der Waals surface area (Å²) >= 11 is 0. The molecule has 0 bridgehead atoms. The quantitative estimate of drug-likeness (QED) is 0.492. The molecule has 0 spiro atoms. The van der Waals surface area contributed by atoms with Gasteiger partial charge in [0.05, 0.1) is 18.8 Å². The molecule has 1 amide bonds. The number of anilines is 1. The Morgan fingerprint density at radius 2 is 1.59 bits per heavy atom. The Morgan fingerprint density at radius 3 is 2.24 bits per heavy atom. The summed E-state index contributed by atoms with van der Waals surface area (Å²) in [6.45, 7) is 9.45. The van der Waals surface area contributed by atoms with Gasteiger partial charge in [-0.2, -0.15) is 0 Å². The number of aryl methyl sites for hydroxylation is 4. The largest absolute Gasteiger partial charge is 0.495 e. The number of sulfonamides is 1. The summed E-state index contributed by atoms with van der Waals surface area (Å²) in [5, 5.41) is 2.97. The molecule has 0 aromatic heterocycles. The van der Waals surface area contributed by atoms with Crippen LogP contribution in [0.4, 0.5) is 5.69 Å². The number of hydrogen-bond donors (Lipinski definition) is 1. The number of para-hydroxylation sites is 1. The average Bonchev–Trinajstić information content (AvgIpc) is 2.80. The van der Waals surface area contributed by atoms with Gasteiger partial charge in [0, 0.05) is 0 Å². The second-order valence-electron chi connectivity index (χ2n) is 8.58. The summed E-state index contributed by atoms with van der Waals surface area (Å²) in [6, 6.07) is 17.5. The smallest absolute Gasteiger partial charge is 0.268 e. The lowest BCUT2D eigenvalue weighted by Gasteiger charge is -2.26. The van der Waals surface area contributed by atoms with Crippen molar-refractivity contribution in [1.29, 1.82) is 0 Å². The molecule has 0 saturated heterocycles. The Hall–Kier alpha value is -3.32. The molecule has 1 unspecified atom stereocenters. The maximum Gasteiger partial charge on any atom is 0.268 e. The Morgan fingerprint density at radius 1 is 0.941 bits per heavy atom. The van der Waals surface area contributed by atoms with E-state index in [1.165, 1.54) is 12.7 Å². The van der Waals surface area contributed by atoms with Crippen molar-refractivity contribution in [1.82, 2.24) is 5.32 Å². The van der Waals surface area contributed by atoms with Gasteiger partial charge in [0.25, 0.3) is 10.0 Å². The van der Waals surface area contributed by atoms with Crippen molar-refractivity contribution in [3.63, 3.8) is 0 Å². The van der Waals surface area contributed by atoms with Crippen molar-refractivity contribution in [3.8, 4) is 5.75 Å². The Balaban J connectivity index is 1.95. The third-order valence-corrected chi connectivity index (χ3v) is 7.74. The lowest BCUT2D eigenvalue weighted by Crippen LogP contribution is -2.41. The molecule has 1 atom stereocenters. The van der Waals surface area contributed by atoms with Crippen molar-refractivity contribution < 1.29 is 17.9 Å². The number of nitrogens with one attached hydrogen (secondary N) is 1. The Bertz CT molecular complexity index is 1290. The molecule has 3 aromatic rings. The normalized spacial score (nSPS) is 12.2. The summed E-state index contributed by atoms with van der Waals surface area (Å²) in [7, 11) is -2.66. The minimum absolute atomic E-state index is 0.0182. The molecule has 1 N–H and O–H groups in total. The van der Waals surface area contributed by atoms with Crippen LogP contribution in [0.3, 0.4) is 0 Å². The molecular weight excluding hydrogens is 448 g/mol. The Labute approximate surface area is 202 Å². The van der Waals surface area contributed by atoms with Crippen molar-refractivity contribution in [2.45, 2.75) is 45.6 Å². The van der Waals surface area contributed by atoms with Crippen LogP contribution in [0, 0.1) is 27.7 Å². The fourth-order valence-corrected chi connectivity index (χ4v) is 5.62. The van der Waals surface area contributed by atoms with Crippen molar-refractivity contribution in [3.05, 3.63) is 88.5 Å². The number of amides is 1. The number of benzene rings is 3. The first kappa shape index (κ1) is 25.3. The van der Waals surface area contributed by atoms with Crippen LogP contribution in [0.2, 0.25) is 0 Å². The number of carbonyl (C=O) groups excluding carboxylic acids is 1. The number of methoxy groups -OCH3 is 1. The van der Waals surface area contributed by atoms with Gasteiger partial charge in [-0.05, 0) is 86.7 Å². The topological polar surface area (TPSA) is 75.7 Å². The minimum atomic E-state index is -4.09. The number of carbonyl (C=O) groups is 1. The van der Waals surface area contributed by atoms with Gasteiger partial charge in [-0.3, -0.25) is 9.10 Å². The van der Waals surface area contributed by atoms with E-state index < -0.39 is 15.9 Å². The molecule has 0 fully saturated rings. The van der Waals surface area contributed by atoms with Gasteiger partial charge < -0.3 is 10.1 Å². The van der Waals surface area contributed by atoms with Gasteiger partial charge >= 0.3 is 0 Å². The predicted octanol–water partition coefficient (Wildman–Crippen LogP) is 5.00. The fraction of sp³-hybridized carbons (Fsp3) is 0.296. The first-order valence-electron chi connectivity index (χ1n) is 11.1. The molecule has 0 radical (unpaired) electrons. The predicted molar refractivity (Wildman–Crippen MR) is 136 cm³/mol. The van der Waals surface area contributed by atoms with Gasteiger partial charge in [0.1, 0.15) is 17.2 Å². The molecular formula is C27H32N2O4S. The summed E-state index contributed by atoms with van der Waals surface area (Å²) in [4.78, 5) is 13.1. The van der Waals surface area contributed by atoms with Crippen LogP contribution in [-0.4, -0.2) is 28.0 Å². The maximum absolute atomic E-state index is 13.8. The van der Waals surface area contributed by atoms with Crippen LogP contribution in [0.5, 0.6) is 5.75 Å². The summed E-state index contributed by atoms with van der Waals surface area (Å²) in [5.41, 5.74) is 5.58. The third-order valence-electron chi connectivity index (χ3n) is 5.94. The van der Waals surface area contributed by atoms with E-state index in [-0.39, 0.29) is 23.2 Å². The van der Waals surface area contributed by atoms with Crippen molar-refractivity contribution in [2.24, 2.45) is 0 Å². The lowest BCUT2D eigenvalue weighted by atomic mass is 9.96. The van der Waals surface area contributed by atoms with Gasteiger partial charge in [-0.25, -0.2) is 8.42 Å². The lowest BCUT2D eigenvalue weighted by molar-refractivity contribution is -0.120. The summed E-state index contributed by atoms with van der Waals surface area (Å²) in [6.07, 6.45) is 0. The van der Waals surface area contributed by atoms with Crippen molar-refractivity contribution >= 4 is 21.6 Å². The molecule has 0 saturated carbocycles. The average molecular weight is 481 g/mol. The standard InChI is InChI=1S/C27H32N2O4S/c1-18-12-13-25(33-6)26(14-18)34(31,32)29(23-10-8-7-9-11-23)17-27(30)28-22(5)24-16-20(3)19(2)15-21(24)4/h7-16,22H,17H2,1-6H3,(H,28,30). The highest BCUT2D eigenvalue weighted by atomic mass is 32.2. The summed E-state index contributed by atoms with van der Waals surface area (Å²) in [5.74, 6) is -0.171. The van der Waals surface area contributed by atoms with Gasteiger partial charge in [0.15, 0.2) is 0 Å². The second kappa shape index (κ2) is 10.3. The van der Waals surface area contributed by atoms with Crippen LogP contribution in [0.25, 0.3) is 0 Å². The van der Waals surface area contributed by atoms with E-state index in [1.807, 2.05) is 27.7 Å². The van der Waals surface area contributed by atoms with Crippen LogP contribution in [0.1, 0.15) is 40.8 Å². The maximum atomic E-state index is 13.8. The number of hydrogen-bond acceptors (Lipinski definition) is 4. The van der Waals surface area contributed by atoms with E-state index in [2.05, 4.69) is 24.4 Å². The van der Waals surface area contributed by atoms with E-state index in [1.54, 1.807) is 48.5 Å². The Kier molecular flexibility index (Phi) is 7.67. The number of rotatable bonds is 8. The molecule has 0 aliphatic rings. The van der Waals surface area contributed by atoms with Crippen molar-refractivity contribution in [2.75, 3.05) is 18.0 Å². The SMILES string of the molecule is COc1ccc(C)cc1S(=O)(=O)N(CC(=O)NC(C)c1cc(C)c(C)cc1C)c1ccccc1. The van der Waals surface area contributed by atoms with E-state index in [0.29, 0.717) is 5.69 Å². The molecule has 0 heterocycles. The molecule has 6 nitrogen and oxygen atoms in total. The molecule has 180 valence electrons. The van der Waals surface area contributed by atoms with E-state index >= 15 is 0 Å². The number of ether oxygens (including phenoxy) is 1. The minimum Gasteiger partial charge on any atom is -0.495 e. The van der Waals surface area contributed by atoms with Gasteiger partial charge in [-0.15, -0.1) is 0 Å². The monoisotopic (exact) mass is 480 g/mol. The molecule has 7 heteroatoms. The van der Waals surface area contributed by atoms with Crippen LogP contribution in [-0.2, 0) is 14.8 Å². The first-order valence-corrected chi connectivity index (χ1v) is 12.6. The van der Waals surface area contributed by atoms with Crippen LogP contribution >= 0.6 is 0 Å². The zero-order valence-corrected chi connectivity index (χ0v) is 21.4. The molecule has 0 aliphatic heterocycles. The van der Waals surface area contributed by atoms with Crippen LogP contribution in [0.15, 0.2) is 65.6 Å². The summed E-state index contributed by atoms with van der Waals surface area (Å²) < 4.78 is 34.0. The van der Waals surface area contributed by atoms with Gasteiger partial charge in [0.2, 0.25) is 5.91 Å². The van der Waals surface area contributed by atoms with E-state index in [9.17, 15) is 13.2 Å². The van der Waals surface area contributed by atoms with Gasteiger partial charge in [-0.1, -0.05) is 36.4 Å². The first-order chi connectivity index (χ1) is 16.0. The molecule has 3 rings (SSSR count). The zero-order valence-electron chi connectivity index (χ0n) is 20.5. The third kappa shape index (κ3) is 5.42. The molecule has 3 aromatic carbocycles. The highest BCUT2D eigenvalue weighted by Gasteiger charge is 2.30. The van der Waals surface area contributed by atoms with E-state index in [0.717, 1.165) is 26.6 Å². The molecule has 0 aliphatic carbocycles. The zero-order chi connectivity index (χ0) is 25.0. The molecule has 34 heavy (non-hydrogen) atoms. The highest BCUT2D eigenvalue weighted by molar-refractivity contribution is 7.93. The number of nitrogens with zero attached hydrogens (tertiary/aromatic N) is 1. The van der Waals surface area contributed by atoms with E-state index in [4.69, 9.17) is 4.74 Å². The highest BCUT2D eigenvalue weighted by Crippen LogP contribution is 2.31. The van der Waals surface area contributed by atoms with Crippen LogP contribution < -0.4 is 14.4 Å².